The molecule has 1 aromatic carbocycles. The van der Waals surface area contributed by atoms with Gasteiger partial charge in [0.15, 0.2) is 0 Å². The maximum absolute atomic E-state index is 9.44. The van der Waals surface area contributed by atoms with Gasteiger partial charge in [0.05, 0.1) is 6.07 Å². The molecule has 0 bridgehead atoms. The molecule has 0 aliphatic heterocycles. The van der Waals surface area contributed by atoms with Crippen LogP contribution in [-0.4, -0.2) is 5.54 Å². The first-order valence-corrected chi connectivity index (χ1v) is 6.69. The van der Waals surface area contributed by atoms with Gasteiger partial charge < -0.3 is 5.32 Å². The van der Waals surface area contributed by atoms with E-state index in [0.29, 0.717) is 0 Å². The minimum absolute atomic E-state index is 0.262. The topological polar surface area (TPSA) is 35.8 Å². The SMILES string of the molecule is CC1(C)CCC(C#N)(Nc2ccc(Br)cc2)C1. The minimum atomic E-state index is -0.392. The fraction of sp³-hybridized carbons (Fsp3) is 0.500. The zero-order valence-corrected chi connectivity index (χ0v) is 11.8. The van der Waals surface area contributed by atoms with Crippen LogP contribution in [0.4, 0.5) is 5.69 Å². The number of hydrogen-bond donors (Lipinski definition) is 1. The molecule has 0 amide bonds. The third-order valence-electron chi connectivity index (χ3n) is 3.45. The van der Waals surface area contributed by atoms with Crippen molar-refractivity contribution in [3.63, 3.8) is 0 Å². The van der Waals surface area contributed by atoms with E-state index in [9.17, 15) is 5.26 Å². The number of nitrogens with zero attached hydrogens (tertiary/aromatic N) is 1. The zero-order valence-electron chi connectivity index (χ0n) is 10.3. The molecule has 1 aromatic rings. The lowest BCUT2D eigenvalue weighted by atomic mass is 9.88. The van der Waals surface area contributed by atoms with Crippen LogP contribution in [0.1, 0.15) is 33.1 Å². The normalized spacial score (nSPS) is 26.5. The molecule has 1 saturated carbocycles. The molecule has 1 aliphatic carbocycles. The number of hydrogen-bond acceptors (Lipinski definition) is 2. The molecule has 0 saturated heterocycles. The molecule has 3 heteroatoms. The van der Waals surface area contributed by atoms with Crippen LogP contribution in [-0.2, 0) is 0 Å². The summed E-state index contributed by atoms with van der Waals surface area (Å²) in [6, 6.07) is 10.5. The van der Waals surface area contributed by atoms with E-state index in [0.717, 1.165) is 29.4 Å². The van der Waals surface area contributed by atoms with Crippen LogP contribution in [0.15, 0.2) is 28.7 Å². The first-order valence-electron chi connectivity index (χ1n) is 5.90. The van der Waals surface area contributed by atoms with Crippen molar-refractivity contribution < 1.29 is 0 Å². The summed E-state index contributed by atoms with van der Waals surface area (Å²) in [4.78, 5) is 0. The Bertz CT molecular complexity index is 444. The van der Waals surface area contributed by atoms with E-state index in [4.69, 9.17) is 0 Å². The van der Waals surface area contributed by atoms with Crippen LogP contribution >= 0.6 is 15.9 Å². The lowest BCUT2D eigenvalue weighted by molar-refractivity contribution is 0.368. The van der Waals surface area contributed by atoms with Crippen molar-refractivity contribution in [3.8, 4) is 6.07 Å². The molecule has 0 aromatic heterocycles. The Hall–Kier alpha value is -1.01. The molecule has 1 N–H and O–H groups in total. The number of nitriles is 1. The monoisotopic (exact) mass is 292 g/mol. The highest BCUT2D eigenvalue weighted by Crippen LogP contribution is 2.44. The Morgan fingerprint density at radius 1 is 1.24 bits per heavy atom. The number of halogens is 1. The van der Waals surface area contributed by atoms with E-state index in [1.54, 1.807) is 0 Å². The maximum atomic E-state index is 9.44. The number of rotatable bonds is 2. The van der Waals surface area contributed by atoms with Gasteiger partial charge in [-0.15, -0.1) is 0 Å². The molecule has 2 nitrogen and oxygen atoms in total. The highest BCUT2D eigenvalue weighted by atomic mass is 79.9. The summed E-state index contributed by atoms with van der Waals surface area (Å²) < 4.78 is 1.06. The van der Waals surface area contributed by atoms with Gasteiger partial charge in [-0.1, -0.05) is 29.8 Å². The number of anilines is 1. The van der Waals surface area contributed by atoms with Crippen molar-refractivity contribution in [1.82, 2.24) is 0 Å². The second-order valence-electron chi connectivity index (χ2n) is 5.67. The highest BCUT2D eigenvalue weighted by molar-refractivity contribution is 9.10. The lowest BCUT2D eigenvalue weighted by Gasteiger charge is -2.26. The summed E-state index contributed by atoms with van der Waals surface area (Å²) in [5.74, 6) is 0. The van der Waals surface area contributed by atoms with Crippen molar-refractivity contribution in [2.45, 2.75) is 38.6 Å². The van der Waals surface area contributed by atoms with E-state index < -0.39 is 5.54 Å². The van der Waals surface area contributed by atoms with Crippen molar-refractivity contribution in [2.24, 2.45) is 5.41 Å². The second-order valence-corrected chi connectivity index (χ2v) is 6.58. The molecule has 0 heterocycles. The number of nitrogens with one attached hydrogen (secondary N) is 1. The molecule has 1 unspecified atom stereocenters. The Labute approximate surface area is 111 Å². The van der Waals surface area contributed by atoms with Crippen molar-refractivity contribution in [2.75, 3.05) is 5.32 Å². The van der Waals surface area contributed by atoms with E-state index in [2.05, 4.69) is 41.2 Å². The van der Waals surface area contributed by atoms with Crippen LogP contribution in [0, 0.1) is 16.7 Å². The molecule has 1 aliphatic rings. The zero-order chi connectivity index (χ0) is 12.5. The predicted molar refractivity (Wildman–Crippen MR) is 73.7 cm³/mol. The third-order valence-corrected chi connectivity index (χ3v) is 3.98. The van der Waals surface area contributed by atoms with E-state index >= 15 is 0 Å². The van der Waals surface area contributed by atoms with Gasteiger partial charge >= 0.3 is 0 Å². The molecular weight excluding hydrogens is 276 g/mol. The van der Waals surface area contributed by atoms with E-state index in [-0.39, 0.29) is 5.41 Å². The molecule has 90 valence electrons. The number of benzene rings is 1. The lowest BCUT2D eigenvalue weighted by Crippen LogP contribution is -2.34. The fourth-order valence-electron chi connectivity index (χ4n) is 2.59. The van der Waals surface area contributed by atoms with Gasteiger partial charge in [0.25, 0.3) is 0 Å². The smallest absolute Gasteiger partial charge is 0.125 e. The van der Waals surface area contributed by atoms with Crippen molar-refractivity contribution in [3.05, 3.63) is 28.7 Å². The minimum Gasteiger partial charge on any atom is -0.367 e. The van der Waals surface area contributed by atoms with Crippen molar-refractivity contribution in [1.29, 1.82) is 5.26 Å². The molecule has 0 radical (unpaired) electrons. The Morgan fingerprint density at radius 2 is 1.88 bits per heavy atom. The Kier molecular flexibility index (Phi) is 3.18. The molecule has 0 spiro atoms. The van der Waals surface area contributed by atoms with Gasteiger partial charge in [-0.2, -0.15) is 5.26 Å². The summed E-state index contributed by atoms with van der Waals surface area (Å²) in [7, 11) is 0. The van der Waals surface area contributed by atoms with Gasteiger partial charge in [0.1, 0.15) is 5.54 Å². The van der Waals surface area contributed by atoms with Gasteiger partial charge in [-0.05, 0) is 48.9 Å². The molecule has 17 heavy (non-hydrogen) atoms. The average molecular weight is 293 g/mol. The van der Waals surface area contributed by atoms with E-state index in [1.165, 1.54) is 0 Å². The van der Waals surface area contributed by atoms with Crippen LogP contribution in [0.25, 0.3) is 0 Å². The predicted octanol–water partition coefficient (Wildman–Crippen LogP) is 4.33. The van der Waals surface area contributed by atoms with Gasteiger partial charge in [0.2, 0.25) is 0 Å². The van der Waals surface area contributed by atoms with Crippen LogP contribution < -0.4 is 5.32 Å². The van der Waals surface area contributed by atoms with E-state index in [1.807, 2.05) is 24.3 Å². The molecule has 1 fully saturated rings. The Balaban J connectivity index is 2.17. The summed E-state index contributed by atoms with van der Waals surface area (Å²) in [6.07, 6.45) is 2.93. The van der Waals surface area contributed by atoms with Crippen LogP contribution in [0.5, 0.6) is 0 Å². The summed E-state index contributed by atoms with van der Waals surface area (Å²) in [5, 5.41) is 12.8. The molecule has 1 atom stereocenters. The fourth-order valence-corrected chi connectivity index (χ4v) is 2.85. The summed E-state index contributed by atoms with van der Waals surface area (Å²) >= 11 is 3.41. The average Bonchev–Trinajstić information content (AvgIpc) is 2.59. The quantitative estimate of drug-likeness (QED) is 0.880. The standard InChI is InChI=1S/C14H17BrN2/c1-13(2)7-8-14(9-13,10-16)17-12-5-3-11(15)4-6-12/h3-6,17H,7-9H2,1-2H3. The van der Waals surface area contributed by atoms with Gasteiger partial charge in [0, 0.05) is 10.2 Å². The first-order chi connectivity index (χ1) is 7.95. The largest absolute Gasteiger partial charge is 0.367 e. The van der Waals surface area contributed by atoms with Gasteiger partial charge in [-0.3, -0.25) is 0 Å². The highest BCUT2D eigenvalue weighted by Gasteiger charge is 2.43. The van der Waals surface area contributed by atoms with Crippen LogP contribution in [0.2, 0.25) is 0 Å². The van der Waals surface area contributed by atoms with Crippen LogP contribution in [0.3, 0.4) is 0 Å². The third kappa shape index (κ3) is 2.81. The maximum Gasteiger partial charge on any atom is 0.125 e. The first kappa shape index (κ1) is 12.4. The summed E-state index contributed by atoms with van der Waals surface area (Å²) in [5.41, 5.74) is 0.891. The Morgan fingerprint density at radius 3 is 2.35 bits per heavy atom. The van der Waals surface area contributed by atoms with Crippen molar-refractivity contribution >= 4 is 21.6 Å². The molecular formula is C14H17BrN2. The summed E-state index contributed by atoms with van der Waals surface area (Å²) in [6.45, 7) is 4.46. The van der Waals surface area contributed by atoms with Gasteiger partial charge in [-0.25, -0.2) is 0 Å². The second kappa shape index (κ2) is 4.34. The molecule has 2 rings (SSSR count).